The number of carbonyl (C=O) groups is 1. The van der Waals surface area contributed by atoms with Gasteiger partial charge in [0.25, 0.3) is 0 Å². The van der Waals surface area contributed by atoms with Crippen LogP contribution in [0, 0.1) is 5.92 Å². The molecule has 0 aliphatic carbocycles. The lowest BCUT2D eigenvalue weighted by Crippen LogP contribution is -2.50. The number of piperidine rings is 1. The molecule has 0 aromatic heterocycles. The average Bonchev–Trinajstić information content (AvgIpc) is 2.46. The van der Waals surface area contributed by atoms with E-state index in [9.17, 15) is 13.6 Å². The van der Waals surface area contributed by atoms with Crippen molar-refractivity contribution in [3.05, 3.63) is 29.8 Å². The standard InChI is InChI=1S/C15H20F2N2O2/c1-10-3-2-8-18-13(10)14(20)19-9-11-4-6-12(7-5-11)21-15(16)17/h4-7,10,13,15,18H,2-3,8-9H2,1H3,(H,19,20). The van der Waals surface area contributed by atoms with Crippen LogP contribution in [-0.4, -0.2) is 25.1 Å². The predicted octanol–water partition coefficient (Wildman–Crippen LogP) is 2.29. The average molecular weight is 298 g/mol. The molecule has 1 fully saturated rings. The molecule has 0 bridgehead atoms. The third-order valence-corrected chi connectivity index (χ3v) is 3.67. The second-order valence-corrected chi connectivity index (χ2v) is 5.29. The van der Waals surface area contributed by atoms with Crippen LogP contribution in [0.2, 0.25) is 0 Å². The lowest BCUT2D eigenvalue weighted by molar-refractivity contribution is -0.125. The van der Waals surface area contributed by atoms with Gasteiger partial charge in [0.15, 0.2) is 0 Å². The summed E-state index contributed by atoms with van der Waals surface area (Å²) in [6, 6.07) is 6.11. The highest BCUT2D eigenvalue weighted by molar-refractivity contribution is 5.82. The number of rotatable bonds is 5. The molecule has 1 saturated heterocycles. The van der Waals surface area contributed by atoms with Gasteiger partial charge in [-0.3, -0.25) is 4.79 Å². The Morgan fingerprint density at radius 2 is 2.14 bits per heavy atom. The van der Waals surface area contributed by atoms with Crippen LogP contribution >= 0.6 is 0 Å². The van der Waals surface area contributed by atoms with E-state index >= 15 is 0 Å². The quantitative estimate of drug-likeness (QED) is 0.877. The summed E-state index contributed by atoms with van der Waals surface area (Å²) in [4.78, 5) is 12.1. The first-order valence-electron chi connectivity index (χ1n) is 7.11. The van der Waals surface area contributed by atoms with Crippen molar-refractivity contribution in [3.8, 4) is 5.75 Å². The van der Waals surface area contributed by atoms with Crippen LogP contribution in [-0.2, 0) is 11.3 Å². The number of nitrogens with one attached hydrogen (secondary N) is 2. The van der Waals surface area contributed by atoms with Crippen LogP contribution in [0.5, 0.6) is 5.75 Å². The number of hydrogen-bond donors (Lipinski definition) is 2. The van der Waals surface area contributed by atoms with E-state index in [2.05, 4.69) is 22.3 Å². The monoisotopic (exact) mass is 298 g/mol. The normalized spacial score (nSPS) is 22.1. The number of carbonyl (C=O) groups excluding carboxylic acids is 1. The number of ether oxygens (including phenoxy) is 1. The molecule has 2 rings (SSSR count). The van der Waals surface area contributed by atoms with Crippen molar-refractivity contribution < 1.29 is 18.3 Å². The Balaban J connectivity index is 1.83. The van der Waals surface area contributed by atoms with Crippen LogP contribution in [0.1, 0.15) is 25.3 Å². The highest BCUT2D eigenvalue weighted by Gasteiger charge is 2.26. The Morgan fingerprint density at radius 1 is 1.43 bits per heavy atom. The van der Waals surface area contributed by atoms with Gasteiger partial charge < -0.3 is 15.4 Å². The summed E-state index contributed by atoms with van der Waals surface area (Å²) in [5.74, 6) is 0.415. The second kappa shape index (κ2) is 7.36. The molecule has 2 N–H and O–H groups in total. The van der Waals surface area contributed by atoms with Crippen molar-refractivity contribution in [1.82, 2.24) is 10.6 Å². The zero-order valence-corrected chi connectivity index (χ0v) is 11.9. The Morgan fingerprint density at radius 3 is 2.76 bits per heavy atom. The minimum absolute atomic E-state index is 0.0184. The third kappa shape index (κ3) is 4.67. The first kappa shape index (κ1) is 15.7. The van der Waals surface area contributed by atoms with Gasteiger partial charge >= 0.3 is 6.61 Å². The lowest BCUT2D eigenvalue weighted by atomic mass is 9.92. The maximum absolute atomic E-state index is 12.1. The van der Waals surface area contributed by atoms with Gasteiger partial charge in [0.2, 0.25) is 5.91 Å². The predicted molar refractivity (Wildman–Crippen MR) is 75.1 cm³/mol. The molecule has 1 aromatic carbocycles. The van der Waals surface area contributed by atoms with Crippen LogP contribution in [0.3, 0.4) is 0 Å². The van der Waals surface area contributed by atoms with E-state index in [0.29, 0.717) is 12.5 Å². The molecule has 1 amide bonds. The van der Waals surface area contributed by atoms with Gasteiger partial charge in [-0.1, -0.05) is 19.1 Å². The first-order valence-corrected chi connectivity index (χ1v) is 7.11. The van der Waals surface area contributed by atoms with Gasteiger partial charge in [-0.2, -0.15) is 8.78 Å². The third-order valence-electron chi connectivity index (χ3n) is 3.67. The summed E-state index contributed by atoms with van der Waals surface area (Å²) in [5.41, 5.74) is 0.841. The topological polar surface area (TPSA) is 50.4 Å². The second-order valence-electron chi connectivity index (χ2n) is 5.29. The minimum atomic E-state index is -2.82. The van der Waals surface area contributed by atoms with E-state index in [0.717, 1.165) is 24.9 Å². The zero-order valence-electron chi connectivity index (χ0n) is 11.9. The van der Waals surface area contributed by atoms with E-state index < -0.39 is 6.61 Å². The molecule has 0 spiro atoms. The smallest absolute Gasteiger partial charge is 0.387 e. The van der Waals surface area contributed by atoms with E-state index in [1.54, 1.807) is 12.1 Å². The van der Waals surface area contributed by atoms with Gasteiger partial charge in [-0.15, -0.1) is 0 Å². The maximum Gasteiger partial charge on any atom is 0.387 e. The van der Waals surface area contributed by atoms with Gasteiger partial charge in [-0.05, 0) is 43.0 Å². The van der Waals surface area contributed by atoms with E-state index in [1.165, 1.54) is 12.1 Å². The fourth-order valence-electron chi connectivity index (χ4n) is 2.49. The van der Waals surface area contributed by atoms with Gasteiger partial charge in [0, 0.05) is 6.54 Å². The SMILES string of the molecule is CC1CCCNC1C(=O)NCc1ccc(OC(F)F)cc1. The summed E-state index contributed by atoms with van der Waals surface area (Å²) in [7, 11) is 0. The molecule has 1 heterocycles. The van der Waals surface area contributed by atoms with Crippen LogP contribution in [0.4, 0.5) is 8.78 Å². The molecule has 2 atom stereocenters. The lowest BCUT2D eigenvalue weighted by Gasteiger charge is -2.28. The summed E-state index contributed by atoms with van der Waals surface area (Å²) >= 11 is 0. The van der Waals surface area contributed by atoms with Crippen LogP contribution in [0.15, 0.2) is 24.3 Å². The molecule has 0 radical (unpaired) electrons. The number of hydrogen-bond acceptors (Lipinski definition) is 3. The number of benzene rings is 1. The molecular weight excluding hydrogens is 278 g/mol. The molecule has 116 valence electrons. The Hall–Kier alpha value is -1.69. The summed E-state index contributed by atoms with van der Waals surface area (Å²) in [5, 5.41) is 6.09. The van der Waals surface area contributed by atoms with Crippen molar-refractivity contribution in [1.29, 1.82) is 0 Å². The van der Waals surface area contributed by atoms with Crippen molar-refractivity contribution >= 4 is 5.91 Å². The van der Waals surface area contributed by atoms with Crippen LogP contribution < -0.4 is 15.4 Å². The fraction of sp³-hybridized carbons (Fsp3) is 0.533. The highest BCUT2D eigenvalue weighted by Crippen LogP contribution is 2.17. The maximum atomic E-state index is 12.1. The molecular formula is C15H20F2N2O2. The Kier molecular flexibility index (Phi) is 5.50. The molecule has 0 saturated carbocycles. The van der Waals surface area contributed by atoms with Gasteiger partial charge in [-0.25, -0.2) is 0 Å². The van der Waals surface area contributed by atoms with Crippen molar-refractivity contribution in [2.24, 2.45) is 5.92 Å². The Bertz CT molecular complexity index is 465. The number of amides is 1. The first-order chi connectivity index (χ1) is 10.1. The van der Waals surface area contributed by atoms with Crippen molar-refractivity contribution in [2.45, 2.75) is 39.0 Å². The summed E-state index contributed by atoms with van der Waals surface area (Å²) in [6.07, 6.45) is 2.14. The summed E-state index contributed by atoms with van der Waals surface area (Å²) in [6.45, 7) is 0.475. The highest BCUT2D eigenvalue weighted by atomic mass is 19.3. The largest absolute Gasteiger partial charge is 0.435 e. The number of alkyl halides is 2. The van der Waals surface area contributed by atoms with Crippen molar-refractivity contribution in [3.63, 3.8) is 0 Å². The zero-order chi connectivity index (χ0) is 15.2. The summed E-state index contributed by atoms with van der Waals surface area (Å²) < 4.78 is 28.3. The Labute approximate surface area is 122 Å². The molecule has 4 nitrogen and oxygen atoms in total. The molecule has 1 aromatic rings. The van der Waals surface area contributed by atoms with Gasteiger partial charge in [0.05, 0.1) is 6.04 Å². The minimum Gasteiger partial charge on any atom is -0.435 e. The molecule has 1 aliphatic rings. The van der Waals surface area contributed by atoms with E-state index in [-0.39, 0.29) is 17.7 Å². The molecule has 21 heavy (non-hydrogen) atoms. The van der Waals surface area contributed by atoms with E-state index in [1.807, 2.05) is 0 Å². The fourth-order valence-corrected chi connectivity index (χ4v) is 2.49. The van der Waals surface area contributed by atoms with E-state index in [4.69, 9.17) is 0 Å². The van der Waals surface area contributed by atoms with Crippen molar-refractivity contribution in [2.75, 3.05) is 6.54 Å². The van der Waals surface area contributed by atoms with Crippen LogP contribution in [0.25, 0.3) is 0 Å². The number of halogens is 2. The molecule has 2 unspecified atom stereocenters. The molecule has 1 aliphatic heterocycles. The van der Waals surface area contributed by atoms with Gasteiger partial charge in [0.1, 0.15) is 5.75 Å². The molecule has 6 heteroatoms.